The van der Waals surface area contributed by atoms with Crippen LogP contribution in [0.15, 0.2) is 40.9 Å². The Morgan fingerprint density at radius 3 is 2.57 bits per heavy atom. The van der Waals surface area contributed by atoms with Crippen molar-refractivity contribution in [3.05, 3.63) is 57.0 Å². The number of nitrogens with zero attached hydrogens (tertiary/aromatic N) is 1. The van der Waals surface area contributed by atoms with E-state index >= 15 is 0 Å². The third-order valence-corrected chi connectivity index (χ3v) is 5.69. The number of hydrogen-bond acceptors (Lipinski definition) is 5. The molecule has 2 aromatic rings. The zero-order valence-electron chi connectivity index (χ0n) is 17.2. The van der Waals surface area contributed by atoms with E-state index in [1.54, 1.807) is 7.11 Å². The van der Waals surface area contributed by atoms with Gasteiger partial charge in [-0.05, 0) is 70.8 Å². The van der Waals surface area contributed by atoms with Crippen LogP contribution >= 0.6 is 39.9 Å². The number of ether oxygens (including phenoxy) is 3. The lowest BCUT2D eigenvalue weighted by molar-refractivity contribution is 0.0374. The van der Waals surface area contributed by atoms with Crippen LogP contribution < -0.4 is 14.8 Å². The summed E-state index contributed by atoms with van der Waals surface area (Å²) in [6.45, 7) is 7.12. The Bertz CT molecular complexity index is 772. The van der Waals surface area contributed by atoms with Gasteiger partial charge in [0.2, 0.25) is 0 Å². The van der Waals surface area contributed by atoms with Crippen LogP contribution in [0.5, 0.6) is 11.5 Å². The molecule has 0 saturated carbocycles. The van der Waals surface area contributed by atoms with Crippen molar-refractivity contribution < 1.29 is 14.2 Å². The molecule has 0 radical (unpaired) electrons. The minimum atomic E-state index is 0. The second-order valence-corrected chi connectivity index (χ2v) is 8.30. The summed E-state index contributed by atoms with van der Waals surface area (Å²) >= 11 is 9.56. The molecule has 166 valence electrons. The Hall–Kier alpha value is -1.02. The molecule has 2 aromatic carbocycles. The van der Waals surface area contributed by atoms with E-state index in [0.717, 1.165) is 73.7 Å². The highest BCUT2D eigenvalue weighted by molar-refractivity contribution is 9.10. The van der Waals surface area contributed by atoms with Crippen LogP contribution in [-0.4, -0.2) is 51.4 Å². The van der Waals surface area contributed by atoms with Crippen LogP contribution in [0.3, 0.4) is 0 Å². The number of rotatable bonds is 10. The van der Waals surface area contributed by atoms with E-state index < -0.39 is 0 Å². The van der Waals surface area contributed by atoms with Crippen LogP contribution in [0.25, 0.3) is 0 Å². The first-order chi connectivity index (χ1) is 14.2. The monoisotopic (exact) mass is 518 g/mol. The highest BCUT2D eigenvalue weighted by atomic mass is 79.9. The number of benzene rings is 2. The summed E-state index contributed by atoms with van der Waals surface area (Å²) in [6, 6.07) is 11.7. The summed E-state index contributed by atoms with van der Waals surface area (Å²) in [5, 5.41) is 4.23. The number of methoxy groups -OCH3 is 1. The second kappa shape index (κ2) is 13.4. The molecule has 1 fully saturated rings. The van der Waals surface area contributed by atoms with E-state index in [-0.39, 0.29) is 12.4 Å². The van der Waals surface area contributed by atoms with E-state index in [9.17, 15) is 0 Å². The molecular formula is C22H29BrCl2N2O3. The molecule has 0 aromatic heterocycles. The summed E-state index contributed by atoms with van der Waals surface area (Å²) in [7, 11) is 1.66. The highest BCUT2D eigenvalue weighted by Gasteiger charge is 2.13. The average molecular weight is 520 g/mol. The molecule has 0 amide bonds. The van der Waals surface area contributed by atoms with Gasteiger partial charge in [0.05, 0.1) is 24.8 Å². The topological polar surface area (TPSA) is 43.0 Å². The van der Waals surface area contributed by atoms with Gasteiger partial charge >= 0.3 is 0 Å². The van der Waals surface area contributed by atoms with E-state index in [4.69, 9.17) is 25.8 Å². The molecule has 0 spiro atoms. The molecule has 1 saturated heterocycles. The quantitative estimate of drug-likeness (QED) is 0.451. The molecule has 30 heavy (non-hydrogen) atoms. The van der Waals surface area contributed by atoms with Gasteiger partial charge in [-0.1, -0.05) is 23.7 Å². The van der Waals surface area contributed by atoms with Gasteiger partial charge in [0.15, 0.2) is 11.5 Å². The van der Waals surface area contributed by atoms with Gasteiger partial charge in [-0.25, -0.2) is 0 Å². The van der Waals surface area contributed by atoms with Gasteiger partial charge in [0.1, 0.15) is 6.61 Å². The summed E-state index contributed by atoms with van der Waals surface area (Å²) in [5.74, 6) is 1.43. The van der Waals surface area contributed by atoms with Crippen molar-refractivity contribution in [2.24, 2.45) is 0 Å². The minimum Gasteiger partial charge on any atom is -0.493 e. The standard InChI is InChI=1S/C22H28BrClN2O3.ClH/c1-27-21-14-18(15-25-7-2-8-26-9-11-28-12-10-26)13-20(23)22(21)29-16-17-3-5-19(24)6-4-17;/h3-6,13-14,25H,2,7-12,15-16H2,1H3;1H. The van der Waals surface area contributed by atoms with Gasteiger partial charge in [-0.2, -0.15) is 0 Å². The fourth-order valence-electron chi connectivity index (χ4n) is 3.24. The van der Waals surface area contributed by atoms with Crippen LogP contribution in [0, 0.1) is 0 Å². The number of morpholine rings is 1. The van der Waals surface area contributed by atoms with Crippen LogP contribution in [0.2, 0.25) is 5.02 Å². The first kappa shape index (κ1) is 25.2. The van der Waals surface area contributed by atoms with Crippen molar-refractivity contribution in [1.82, 2.24) is 10.2 Å². The highest BCUT2D eigenvalue weighted by Crippen LogP contribution is 2.37. The molecule has 0 aliphatic carbocycles. The number of nitrogens with one attached hydrogen (secondary N) is 1. The van der Waals surface area contributed by atoms with Crippen molar-refractivity contribution >= 4 is 39.9 Å². The number of hydrogen-bond donors (Lipinski definition) is 1. The molecule has 1 N–H and O–H groups in total. The smallest absolute Gasteiger partial charge is 0.175 e. The average Bonchev–Trinajstić information content (AvgIpc) is 2.74. The second-order valence-electron chi connectivity index (χ2n) is 7.01. The molecule has 0 unspecified atom stereocenters. The maximum Gasteiger partial charge on any atom is 0.175 e. The molecule has 3 rings (SSSR count). The maximum atomic E-state index is 6.00. The third-order valence-electron chi connectivity index (χ3n) is 4.85. The van der Waals surface area contributed by atoms with Crippen LogP contribution in [-0.2, 0) is 17.9 Å². The Balaban J connectivity index is 0.00000320. The normalized spacial score (nSPS) is 14.2. The lowest BCUT2D eigenvalue weighted by Crippen LogP contribution is -2.37. The zero-order valence-corrected chi connectivity index (χ0v) is 20.3. The lowest BCUT2D eigenvalue weighted by atomic mass is 10.2. The van der Waals surface area contributed by atoms with E-state index in [1.807, 2.05) is 30.3 Å². The predicted molar refractivity (Wildman–Crippen MR) is 127 cm³/mol. The van der Waals surface area contributed by atoms with Crippen molar-refractivity contribution in [3.63, 3.8) is 0 Å². The molecule has 1 aliphatic rings. The van der Waals surface area contributed by atoms with Gasteiger partial charge in [-0.3, -0.25) is 4.90 Å². The predicted octanol–water partition coefficient (Wildman–Crippen LogP) is 4.92. The molecular weight excluding hydrogens is 491 g/mol. The summed E-state index contributed by atoms with van der Waals surface area (Å²) in [6.07, 6.45) is 1.13. The van der Waals surface area contributed by atoms with E-state index in [0.29, 0.717) is 17.4 Å². The summed E-state index contributed by atoms with van der Waals surface area (Å²) in [5.41, 5.74) is 2.20. The summed E-state index contributed by atoms with van der Waals surface area (Å²) < 4.78 is 17.8. The summed E-state index contributed by atoms with van der Waals surface area (Å²) in [4.78, 5) is 2.46. The molecule has 1 aliphatic heterocycles. The minimum absolute atomic E-state index is 0. The van der Waals surface area contributed by atoms with Gasteiger partial charge < -0.3 is 19.5 Å². The zero-order chi connectivity index (χ0) is 20.5. The van der Waals surface area contributed by atoms with Gasteiger partial charge in [0, 0.05) is 24.7 Å². The molecule has 1 heterocycles. The van der Waals surface area contributed by atoms with Gasteiger partial charge in [-0.15, -0.1) is 12.4 Å². The van der Waals surface area contributed by atoms with Crippen molar-refractivity contribution in [3.8, 4) is 11.5 Å². The molecule has 0 bridgehead atoms. The van der Waals surface area contributed by atoms with E-state index in [2.05, 4.69) is 32.2 Å². The fraction of sp³-hybridized carbons (Fsp3) is 0.455. The van der Waals surface area contributed by atoms with Crippen LogP contribution in [0.1, 0.15) is 17.5 Å². The Kier molecular flexibility index (Phi) is 11.3. The van der Waals surface area contributed by atoms with Crippen molar-refractivity contribution in [1.29, 1.82) is 0 Å². The molecule has 0 atom stereocenters. The Morgan fingerprint density at radius 1 is 1.13 bits per heavy atom. The first-order valence-corrected chi connectivity index (χ1v) is 11.1. The third kappa shape index (κ3) is 7.91. The Labute approximate surface area is 198 Å². The first-order valence-electron chi connectivity index (χ1n) is 9.90. The SMILES string of the molecule is COc1cc(CNCCCN2CCOCC2)cc(Br)c1OCc1ccc(Cl)cc1.Cl. The number of halogens is 3. The lowest BCUT2D eigenvalue weighted by Gasteiger charge is -2.26. The maximum absolute atomic E-state index is 6.00. The van der Waals surface area contributed by atoms with Crippen molar-refractivity contribution in [2.45, 2.75) is 19.6 Å². The van der Waals surface area contributed by atoms with E-state index in [1.165, 1.54) is 0 Å². The molecule has 5 nitrogen and oxygen atoms in total. The molecule has 8 heteroatoms. The van der Waals surface area contributed by atoms with Gasteiger partial charge in [0.25, 0.3) is 0 Å². The fourth-order valence-corrected chi connectivity index (χ4v) is 3.97. The Morgan fingerprint density at radius 2 is 1.87 bits per heavy atom. The van der Waals surface area contributed by atoms with Crippen molar-refractivity contribution in [2.75, 3.05) is 46.5 Å². The van der Waals surface area contributed by atoms with Crippen LogP contribution in [0.4, 0.5) is 0 Å². The largest absolute Gasteiger partial charge is 0.493 e.